The minimum atomic E-state index is -0.756. The second-order valence-corrected chi connectivity index (χ2v) is 5.43. The highest BCUT2D eigenvalue weighted by molar-refractivity contribution is 5.79. The summed E-state index contributed by atoms with van der Waals surface area (Å²) in [6.07, 6.45) is 2.44. The Bertz CT molecular complexity index is 374. The molecule has 0 bridgehead atoms. The van der Waals surface area contributed by atoms with E-state index in [2.05, 4.69) is 5.32 Å². The molecule has 0 aromatic heterocycles. The number of nitrogens with one attached hydrogen (secondary N) is 1. The van der Waals surface area contributed by atoms with E-state index >= 15 is 0 Å². The van der Waals surface area contributed by atoms with Gasteiger partial charge >= 0.3 is 12.0 Å². The summed E-state index contributed by atoms with van der Waals surface area (Å²) in [6.45, 7) is 3.08. The van der Waals surface area contributed by atoms with Crippen molar-refractivity contribution in [3.63, 3.8) is 0 Å². The van der Waals surface area contributed by atoms with Crippen molar-refractivity contribution in [1.29, 1.82) is 0 Å². The first kappa shape index (κ1) is 11.8. The predicted octanol–water partition coefficient (Wildman–Crippen LogP) is -0.0509. The van der Waals surface area contributed by atoms with E-state index < -0.39 is 5.97 Å². The fraction of sp³-hybridized carbons (Fsp3) is 0.833. The van der Waals surface area contributed by atoms with Gasteiger partial charge in [-0.2, -0.15) is 0 Å². The second-order valence-electron chi connectivity index (χ2n) is 5.43. The molecule has 6 heteroatoms. The highest BCUT2D eigenvalue weighted by Gasteiger charge is 2.46. The maximum atomic E-state index is 12.3. The number of piperazine rings is 1. The molecule has 3 atom stereocenters. The van der Waals surface area contributed by atoms with Crippen LogP contribution >= 0.6 is 0 Å². The number of amides is 2. The molecule has 1 saturated carbocycles. The molecule has 2 amide bonds. The van der Waals surface area contributed by atoms with Crippen molar-refractivity contribution in [3.8, 4) is 0 Å². The van der Waals surface area contributed by atoms with Crippen LogP contribution in [0.3, 0.4) is 0 Å². The number of aliphatic carboxylic acids is 1. The van der Waals surface area contributed by atoms with Crippen LogP contribution in [0, 0.1) is 5.92 Å². The quantitative estimate of drug-likeness (QED) is 0.723. The van der Waals surface area contributed by atoms with E-state index in [1.165, 1.54) is 0 Å². The molecular weight excluding hydrogens is 234 g/mol. The summed E-state index contributed by atoms with van der Waals surface area (Å²) in [4.78, 5) is 27.3. The van der Waals surface area contributed by atoms with E-state index in [0.29, 0.717) is 13.0 Å². The molecule has 0 aromatic carbocycles. The zero-order valence-electron chi connectivity index (χ0n) is 10.3. The Balaban J connectivity index is 1.76. The zero-order valence-corrected chi connectivity index (χ0v) is 10.3. The lowest BCUT2D eigenvalue weighted by molar-refractivity contribution is -0.142. The summed E-state index contributed by atoms with van der Waals surface area (Å²) >= 11 is 0. The molecular formula is C12H19N3O3. The maximum Gasteiger partial charge on any atom is 0.320 e. The first-order valence-corrected chi connectivity index (χ1v) is 6.69. The SMILES string of the molecule is O=C(O)[C@@H]1CCC[C@@H]1N1C[C@@H]2CNCCN2C1=O. The number of carbonyl (C=O) groups excluding carboxylic acids is 1. The molecule has 0 unspecified atom stereocenters. The fourth-order valence-corrected chi connectivity index (χ4v) is 3.52. The standard InChI is InChI=1S/C12H19N3O3/c16-11(17)9-2-1-3-10(9)15-7-8-6-13-4-5-14(8)12(15)18/h8-10,13H,1-7H2,(H,16,17)/t8-,9+,10-/m0/s1. The Morgan fingerprint density at radius 2 is 2.17 bits per heavy atom. The van der Waals surface area contributed by atoms with Crippen molar-refractivity contribution in [2.75, 3.05) is 26.2 Å². The lowest BCUT2D eigenvalue weighted by Gasteiger charge is -2.29. The van der Waals surface area contributed by atoms with Crippen LogP contribution in [0.4, 0.5) is 4.79 Å². The predicted molar refractivity (Wildman–Crippen MR) is 64.2 cm³/mol. The number of hydrogen-bond donors (Lipinski definition) is 2. The van der Waals surface area contributed by atoms with Gasteiger partial charge in [-0.15, -0.1) is 0 Å². The normalized spacial score (nSPS) is 36.0. The summed E-state index contributed by atoms with van der Waals surface area (Å²) < 4.78 is 0. The average Bonchev–Trinajstić information content (AvgIpc) is 2.94. The average molecular weight is 253 g/mol. The molecule has 100 valence electrons. The number of nitrogens with zero attached hydrogens (tertiary/aromatic N) is 2. The molecule has 2 heterocycles. The van der Waals surface area contributed by atoms with Crippen LogP contribution in [0.25, 0.3) is 0 Å². The van der Waals surface area contributed by atoms with Gasteiger partial charge in [0.05, 0.1) is 12.0 Å². The van der Waals surface area contributed by atoms with Gasteiger partial charge in [-0.05, 0) is 12.8 Å². The zero-order chi connectivity index (χ0) is 12.7. The Hall–Kier alpha value is -1.30. The van der Waals surface area contributed by atoms with E-state index in [9.17, 15) is 14.7 Å². The number of carboxylic acid groups (broad SMARTS) is 1. The van der Waals surface area contributed by atoms with Crippen LogP contribution in [0.1, 0.15) is 19.3 Å². The van der Waals surface area contributed by atoms with Crippen LogP contribution in [0.5, 0.6) is 0 Å². The summed E-state index contributed by atoms with van der Waals surface area (Å²) in [6, 6.07) is 0.168. The summed E-state index contributed by atoms with van der Waals surface area (Å²) in [5.41, 5.74) is 0. The van der Waals surface area contributed by atoms with Gasteiger partial charge in [-0.25, -0.2) is 4.79 Å². The summed E-state index contributed by atoms with van der Waals surface area (Å²) in [5, 5.41) is 12.5. The first-order chi connectivity index (χ1) is 8.68. The van der Waals surface area contributed by atoms with Crippen molar-refractivity contribution in [1.82, 2.24) is 15.1 Å². The van der Waals surface area contributed by atoms with Gasteiger partial charge < -0.3 is 20.2 Å². The second kappa shape index (κ2) is 4.42. The number of rotatable bonds is 2. The third-order valence-corrected chi connectivity index (χ3v) is 4.45. The van der Waals surface area contributed by atoms with Crippen molar-refractivity contribution >= 4 is 12.0 Å². The Kier molecular flexibility index (Phi) is 2.89. The van der Waals surface area contributed by atoms with Crippen LogP contribution in [0.2, 0.25) is 0 Å². The molecule has 2 aliphatic heterocycles. The van der Waals surface area contributed by atoms with E-state index in [1.807, 2.05) is 9.80 Å². The van der Waals surface area contributed by atoms with Gasteiger partial charge in [0, 0.05) is 32.2 Å². The number of fused-ring (bicyclic) bond motifs is 1. The lowest BCUT2D eigenvalue weighted by Crippen LogP contribution is -2.50. The van der Waals surface area contributed by atoms with E-state index in [-0.39, 0.29) is 24.0 Å². The Labute approximate surface area is 106 Å². The monoisotopic (exact) mass is 253 g/mol. The summed E-state index contributed by atoms with van der Waals surface area (Å²) in [5.74, 6) is -1.13. The number of carboxylic acids is 1. The topological polar surface area (TPSA) is 72.9 Å². The maximum absolute atomic E-state index is 12.3. The molecule has 18 heavy (non-hydrogen) atoms. The van der Waals surface area contributed by atoms with Crippen molar-refractivity contribution in [2.45, 2.75) is 31.3 Å². The molecule has 0 radical (unpaired) electrons. The van der Waals surface area contributed by atoms with Gasteiger partial charge in [-0.3, -0.25) is 4.79 Å². The third-order valence-electron chi connectivity index (χ3n) is 4.45. The molecule has 1 aliphatic carbocycles. The first-order valence-electron chi connectivity index (χ1n) is 6.69. The van der Waals surface area contributed by atoms with Gasteiger partial charge in [0.2, 0.25) is 0 Å². The third kappa shape index (κ3) is 1.75. The van der Waals surface area contributed by atoms with Gasteiger partial charge in [0.1, 0.15) is 0 Å². The fourth-order valence-electron chi connectivity index (χ4n) is 3.52. The molecule has 2 saturated heterocycles. The van der Waals surface area contributed by atoms with Crippen LogP contribution in [-0.4, -0.2) is 65.2 Å². The highest BCUT2D eigenvalue weighted by Crippen LogP contribution is 2.33. The van der Waals surface area contributed by atoms with Gasteiger partial charge in [0.15, 0.2) is 0 Å². The molecule has 3 aliphatic rings. The Morgan fingerprint density at radius 3 is 2.89 bits per heavy atom. The minimum Gasteiger partial charge on any atom is -0.481 e. The molecule has 2 N–H and O–H groups in total. The summed E-state index contributed by atoms with van der Waals surface area (Å²) in [7, 11) is 0. The number of carbonyl (C=O) groups is 2. The Morgan fingerprint density at radius 1 is 1.33 bits per heavy atom. The molecule has 6 nitrogen and oxygen atoms in total. The van der Waals surface area contributed by atoms with Crippen LogP contribution < -0.4 is 5.32 Å². The van der Waals surface area contributed by atoms with Crippen molar-refractivity contribution in [2.24, 2.45) is 5.92 Å². The molecule has 3 fully saturated rings. The number of urea groups is 1. The van der Waals surface area contributed by atoms with Crippen molar-refractivity contribution < 1.29 is 14.7 Å². The number of hydrogen-bond acceptors (Lipinski definition) is 3. The molecule has 0 spiro atoms. The van der Waals surface area contributed by atoms with E-state index in [4.69, 9.17) is 0 Å². The molecule has 0 aromatic rings. The van der Waals surface area contributed by atoms with E-state index in [0.717, 1.165) is 32.5 Å². The van der Waals surface area contributed by atoms with Gasteiger partial charge in [0.25, 0.3) is 0 Å². The lowest BCUT2D eigenvalue weighted by atomic mass is 10.0. The van der Waals surface area contributed by atoms with E-state index in [1.54, 1.807) is 0 Å². The highest BCUT2D eigenvalue weighted by atomic mass is 16.4. The van der Waals surface area contributed by atoms with Crippen molar-refractivity contribution in [3.05, 3.63) is 0 Å². The van der Waals surface area contributed by atoms with Crippen LogP contribution in [-0.2, 0) is 4.79 Å². The largest absolute Gasteiger partial charge is 0.481 e. The molecule has 3 rings (SSSR count). The minimum absolute atomic E-state index is 0.0413. The van der Waals surface area contributed by atoms with Gasteiger partial charge in [-0.1, -0.05) is 6.42 Å². The smallest absolute Gasteiger partial charge is 0.320 e. The van der Waals surface area contributed by atoms with Crippen LogP contribution in [0.15, 0.2) is 0 Å².